The molecule has 0 atom stereocenters. The summed E-state index contributed by atoms with van der Waals surface area (Å²) in [5, 5.41) is 12.7. The Morgan fingerprint density at radius 1 is 1.26 bits per heavy atom. The minimum atomic E-state index is 0.0656. The molecule has 0 aliphatic heterocycles. The minimum Gasteiger partial charge on any atom is -0.497 e. The summed E-state index contributed by atoms with van der Waals surface area (Å²) in [7, 11) is 1.61. The van der Waals surface area contributed by atoms with E-state index < -0.39 is 0 Å². The summed E-state index contributed by atoms with van der Waals surface area (Å²) in [6.07, 6.45) is 5.96. The predicted molar refractivity (Wildman–Crippen MR) is 88.0 cm³/mol. The third kappa shape index (κ3) is 3.90. The molecular formula is C16H20N4O2S. The van der Waals surface area contributed by atoms with Gasteiger partial charge in [-0.1, -0.05) is 31.0 Å². The number of rotatable bonds is 6. The fourth-order valence-electron chi connectivity index (χ4n) is 2.83. The first-order valence-electron chi connectivity index (χ1n) is 7.86. The number of Topliss-reactive ketones (excluding diaryl/α,β-unsaturated/α-hetero) is 1. The molecule has 7 heteroatoms. The molecule has 2 aromatic rings. The lowest BCUT2D eigenvalue weighted by atomic mass is 9.96. The van der Waals surface area contributed by atoms with Crippen molar-refractivity contribution in [2.45, 2.75) is 43.3 Å². The predicted octanol–water partition coefficient (Wildman–Crippen LogP) is 3.16. The van der Waals surface area contributed by atoms with Gasteiger partial charge in [0.05, 0.1) is 18.9 Å². The van der Waals surface area contributed by atoms with Gasteiger partial charge in [0.2, 0.25) is 5.16 Å². The van der Waals surface area contributed by atoms with E-state index in [9.17, 15) is 4.79 Å². The van der Waals surface area contributed by atoms with E-state index in [1.54, 1.807) is 31.4 Å². The van der Waals surface area contributed by atoms with Crippen LogP contribution in [0.25, 0.3) is 0 Å². The van der Waals surface area contributed by atoms with Gasteiger partial charge in [-0.15, -0.1) is 5.10 Å². The first-order chi connectivity index (χ1) is 11.3. The highest BCUT2D eigenvalue weighted by atomic mass is 32.2. The third-order valence-electron chi connectivity index (χ3n) is 4.13. The molecule has 1 aromatic carbocycles. The lowest BCUT2D eigenvalue weighted by Gasteiger charge is -2.21. The quantitative estimate of drug-likeness (QED) is 0.598. The molecule has 6 nitrogen and oxygen atoms in total. The molecule has 122 valence electrons. The number of hydrogen-bond donors (Lipinski definition) is 0. The maximum atomic E-state index is 12.3. The molecule has 0 bridgehead atoms. The Morgan fingerprint density at radius 3 is 2.70 bits per heavy atom. The summed E-state index contributed by atoms with van der Waals surface area (Å²) in [6.45, 7) is 0. The molecular weight excluding hydrogens is 312 g/mol. The summed E-state index contributed by atoms with van der Waals surface area (Å²) in [5.41, 5.74) is 0.676. The van der Waals surface area contributed by atoms with Gasteiger partial charge in [0.25, 0.3) is 0 Å². The van der Waals surface area contributed by atoms with Crippen LogP contribution in [0.4, 0.5) is 0 Å². The molecule has 23 heavy (non-hydrogen) atoms. The van der Waals surface area contributed by atoms with Gasteiger partial charge in [0.15, 0.2) is 5.78 Å². The molecule has 0 unspecified atom stereocenters. The normalized spacial score (nSPS) is 15.5. The van der Waals surface area contributed by atoms with Crippen LogP contribution in [0.2, 0.25) is 0 Å². The molecule has 3 rings (SSSR count). The van der Waals surface area contributed by atoms with Crippen LogP contribution < -0.4 is 4.74 Å². The topological polar surface area (TPSA) is 69.9 Å². The van der Waals surface area contributed by atoms with E-state index in [4.69, 9.17) is 4.74 Å². The van der Waals surface area contributed by atoms with Crippen molar-refractivity contribution in [3.05, 3.63) is 29.8 Å². The fraction of sp³-hybridized carbons (Fsp3) is 0.500. The van der Waals surface area contributed by atoms with Gasteiger partial charge in [-0.3, -0.25) is 4.79 Å². The van der Waals surface area contributed by atoms with Crippen molar-refractivity contribution >= 4 is 17.5 Å². The number of methoxy groups -OCH3 is 1. The summed E-state index contributed by atoms with van der Waals surface area (Å²) < 4.78 is 7.00. The Bertz CT molecular complexity index is 650. The van der Waals surface area contributed by atoms with Crippen LogP contribution in [-0.2, 0) is 0 Å². The first-order valence-corrected chi connectivity index (χ1v) is 8.84. The molecule has 0 saturated heterocycles. The van der Waals surface area contributed by atoms with Crippen LogP contribution in [0.5, 0.6) is 5.75 Å². The second-order valence-corrected chi connectivity index (χ2v) is 6.58. The number of ether oxygens (including phenoxy) is 1. The highest BCUT2D eigenvalue weighted by Gasteiger charge is 2.21. The first kappa shape index (κ1) is 16.0. The van der Waals surface area contributed by atoms with Gasteiger partial charge in [0, 0.05) is 5.56 Å². The van der Waals surface area contributed by atoms with Crippen LogP contribution in [0.15, 0.2) is 29.4 Å². The van der Waals surface area contributed by atoms with Crippen LogP contribution in [0.3, 0.4) is 0 Å². The lowest BCUT2D eigenvalue weighted by Crippen LogP contribution is -2.15. The van der Waals surface area contributed by atoms with E-state index in [2.05, 4.69) is 15.5 Å². The lowest BCUT2D eigenvalue weighted by molar-refractivity contribution is 0.102. The molecule has 1 aliphatic carbocycles. The zero-order valence-corrected chi connectivity index (χ0v) is 14.0. The number of carbonyl (C=O) groups excluding carboxylic acids is 1. The molecule has 0 spiro atoms. The van der Waals surface area contributed by atoms with E-state index >= 15 is 0 Å². The van der Waals surface area contributed by atoms with E-state index in [1.807, 2.05) is 4.68 Å². The van der Waals surface area contributed by atoms with E-state index in [0.29, 0.717) is 17.4 Å². The summed E-state index contributed by atoms with van der Waals surface area (Å²) >= 11 is 1.41. The summed E-state index contributed by atoms with van der Waals surface area (Å²) in [5.74, 6) is 1.14. The number of aromatic nitrogens is 4. The van der Waals surface area contributed by atoms with Gasteiger partial charge < -0.3 is 4.74 Å². The van der Waals surface area contributed by atoms with Crippen LogP contribution in [-0.4, -0.2) is 38.9 Å². The molecule has 0 amide bonds. The summed E-state index contributed by atoms with van der Waals surface area (Å²) in [4.78, 5) is 12.3. The van der Waals surface area contributed by atoms with Crippen molar-refractivity contribution in [1.29, 1.82) is 0 Å². The maximum absolute atomic E-state index is 12.3. The van der Waals surface area contributed by atoms with Gasteiger partial charge in [-0.2, -0.15) is 0 Å². The van der Waals surface area contributed by atoms with Crippen molar-refractivity contribution in [1.82, 2.24) is 20.2 Å². The van der Waals surface area contributed by atoms with Gasteiger partial charge in [-0.25, -0.2) is 4.68 Å². The highest BCUT2D eigenvalue weighted by molar-refractivity contribution is 7.99. The third-order valence-corrected chi connectivity index (χ3v) is 5.06. The molecule has 1 aromatic heterocycles. The maximum Gasteiger partial charge on any atom is 0.210 e. The number of benzene rings is 1. The SMILES string of the molecule is COc1ccc(C(=O)CSc2nnnn2C2CCCCC2)cc1. The highest BCUT2D eigenvalue weighted by Crippen LogP contribution is 2.30. The number of nitrogens with zero attached hydrogens (tertiary/aromatic N) is 4. The molecule has 0 N–H and O–H groups in total. The Balaban J connectivity index is 1.61. The Hall–Kier alpha value is -1.89. The van der Waals surface area contributed by atoms with Crippen LogP contribution in [0.1, 0.15) is 48.5 Å². The second kappa shape index (κ2) is 7.59. The zero-order valence-electron chi connectivity index (χ0n) is 13.1. The molecule has 1 fully saturated rings. The Morgan fingerprint density at radius 2 is 2.00 bits per heavy atom. The van der Waals surface area contributed by atoms with E-state index in [-0.39, 0.29) is 5.78 Å². The van der Waals surface area contributed by atoms with Crippen LogP contribution >= 0.6 is 11.8 Å². The van der Waals surface area contributed by atoms with E-state index in [0.717, 1.165) is 23.7 Å². The number of hydrogen-bond acceptors (Lipinski definition) is 6. The minimum absolute atomic E-state index is 0.0656. The zero-order chi connectivity index (χ0) is 16.1. The van der Waals surface area contributed by atoms with Crippen LogP contribution in [0, 0.1) is 0 Å². The van der Waals surface area contributed by atoms with Crippen molar-refractivity contribution in [2.75, 3.05) is 12.9 Å². The Labute approximate surface area is 139 Å². The molecule has 1 aliphatic rings. The van der Waals surface area contributed by atoms with Gasteiger partial charge >= 0.3 is 0 Å². The standard InChI is InChI=1S/C16H20N4O2S/c1-22-14-9-7-12(8-10-14)15(21)11-23-16-17-18-19-20(16)13-5-3-2-4-6-13/h7-10,13H,2-6,11H2,1H3. The smallest absolute Gasteiger partial charge is 0.210 e. The Kier molecular flexibility index (Phi) is 5.27. The number of ketones is 1. The largest absolute Gasteiger partial charge is 0.497 e. The van der Waals surface area contributed by atoms with E-state index in [1.165, 1.54) is 31.0 Å². The van der Waals surface area contributed by atoms with Crippen molar-refractivity contribution < 1.29 is 9.53 Å². The average molecular weight is 332 g/mol. The second-order valence-electron chi connectivity index (χ2n) is 5.64. The summed E-state index contributed by atoms with van der Waals surface area (Å²) in [6, 6.07) is 7.53. The monoisotopic (exact) mass is 332 g/mol. The molecule has 1 heterocycles. The van der Waals surface area contributed by atoms with Crippen molar-refractivity contribution in [3.8, 4) is 5.75 Å². The van der Waals surface area contributed by atoms with Crippen molar-refractivity contribution in [2.24, 2.45) is 0 Å². The van der Waals surface area contributed by atoms with Gasteiger partial charge in [-0.05, 0) is 47.5 Å². The van der Waals surface area contributed by atoms with Gasteiger partial charge in [0.1, 0.15) is 5.75 Å². The number of thioether (sulfide) groups is 1. The average Bonchev–Trinajstić information content (AvgIpc) is 3.09. The molecule has 0 radical (unpaired) electrons. The van der Waals surface area contributed by atoms with Crippen molar-refractivity contribution in [3.63, 3.8) is 0 Å². The fourth-order valence-corrected chi connectivity index (χ4v) is 3.66. The molecule has 1 saturated carbocycles. The number of carbonyl (C=O) groups is 1. The number of tetrazole rings is 1.